The Hall–Kier alpha value is -3.18. The zero-order valence-corrected chi connectivity index (χ0v) is 14.7. The van der Waals surface area contributed by atoms with Crippen LogP contribution in [-0.2, 0) is 0 Å². The van der Waals surface area contributed by atoms with Crippen LogP contribution in [0.15, 0.2) is 67.0 Å². The summed E-state index contributed by atoms with van der Waals surface area (Å²) in [4.78, 5) is 28.7. The maximum Gasteiger partial charge on any atom is 0.257 e. The first-order valence-corrected chi connectivity index (χ1v) is 8.29. The molecule has 0 unspecified atom stereocenters. The van der Waals surface area contributed by atoms with Crippen molar-refractivity contribution in [1.29, 1.82) is 0 Å². The van der Waals surface area contributed by atoms with E-state index in [1.165, 1.54) is 18.5 Å². The Morgan fingerprint density at radius 1 is 0.808 bits per heavy atom. The number of hydrogen-bond acceptors (Lipinski definition) is 3. The fourth-order valence-electron chi connectivity index (χ4n) is 2.26. The molecule has 3 rings (SSSR count). The number of hydrogen-bond donors (Lipinski definition) is 2. The van der Waals surface area contributed by atoms with Crippen molar-refractivity contribution in [2.24, 2.45) is 0 Å². The Morgan fingerprint density at radius 2 is 1.27 bits per heavy atom. The van der Waals surface area contributed by atoms with Crippen molar-refractivity contribution in [3.05, 3.63) is 88.7 Å². The van der Waals surface area contributed by atoms with E-state index in [0.29, 0.717) is 22.0 Å². The van der Waals surface area contributed by atoms with Crippen LogP contribution in [0.1, 0.15) is 26.3 Å². The molecule has 2 N–H and O–H groups in total. The number of carbonyl (C=O) groups is 2. The lowest BCUT2D eigenvalue weighted by molar-refractivity contribution is 0.102. The molecule has 0 saturated heterocycles. The average molecular weight is 366 g/mol. The number of rotatable bonds is 4. The van der Waals surface area contributed by atoms with Crippen LogP contribution in [0.4, 0.5) is 11.4 Å². The number of carbonyl (C=O) groups excluding carboxylic acids is 2. The molecule has 2 aromatic carbocycles. The lowest BCUT2D eigenvalue weighted by atomic mass is 10.1. The summed E-state index contributed by atoms with van der Waals surface area (Å²) in [5.41, 5.74) is 2.97. The molecule has 0 bridgehead atoms. The maximum absolute atomic E-state index is 12.4. The van der Waals surface area contributed by atoms with E-state index in [2.05, 4.69) is 15.6 Å². The number of aryl methyl sites for hydroxylation is 1. The minimum absolute atomic E-state index is 0.288. The Balaban J connectivity index is 1.72. The van der Waals surface area contributed by atoms with E-state index in [4.69, 9.17) is 11.6 Å². The summed E-state index contributed by atoms with van der Waals surface area (Å²) in [5.74, 6) is -0.688. The van der Waals surface area contributed by atoms with E-state index in [1.807, 2.05) is 31.2 Å². The summed E-state index contributed by atoms with van der Waals surface area (Å²) in [5, 5.41) is 6.10. The average Bonchev–Trinajstić information content (AvgIpc) is 2.65. The molecule has 0 saturated carbocycles. The molecule has 1 aromatic heterocycles. The number of benzene rings is 2. The van der Waals surface area contributed by atoms with Gasteiger partial charge in [0.25, 0.3) is 11.8 Å². The second kappa shape index (κ2) is 7.80. The predicted molar refractivity (Wildman–Crippen MR) is 103 cm³/mol. The van der Waals surface area contributed by atoms with Crippen molar-refractivity contribution in [2.75, 3.05) is 10.6 Å². The summed E-state index contributed by atoms with van der Waals surface area (Å²) in [6.45, 7) is 1.97. The van der Waals surface area contributed by atoms with E-state index >= 15 is 0 Å². The molecule has 0 aliphatic heterocycles. The van der Waals surface area contributed by atoms with Gasteiger partial charge < -0.3 is 10.6 Å². The first-order chi connectivity index (χ1) is 12.5. The standard InChI is InChI=1S/C20H16ClN3O2/c1-13-2-6-17(7-3-13)23-19(25)14-10-15(12-22-11-14)20(26)24-18-8-4-16(21)5-9-18/h2-12H,1H3,(H,23,25)(H,24,26). The minimum atomic E-state index is -0.357. The number of aromatic nitrogens is 1. The van der Waals surface area contributed by atoms with Gasteiger partial charge in [-0.1, -0.05) is 29.3 Å². The SMILES string of the molecule is Cc1ccc(NC(=O)c2cncc(C(=O)Nc3ccc(Cl)cc3)c2)cc1. The number of anilines is 2. The minimum Gasteiger partial charge on any atom is -0.322 e. The molecule has 0 spiro atoms. The monoisotopic (exact) mass is 365 g/mol. The highest BCUT2D eigenvalue weighted by Crippen LogP contribution is 2.15. The van der Waals surface area contributed by atoms with Crippen molar-refractivity contribution >= 4 is 34.8 Å². The Morgan fingerprint density at radius 3 is 1.77 bits per heavy atom. The normalized spacial score (nSPS) is 10.2. The third-order valence-corrected chi connectivity index (χ3v) is 3.93. The number of amides is 2. The fraction of sp³-hybridized carbons (Fsp3) is 0.0500. The highest BCUT2D eigenvalue weighted by molar-refractivity contribution is 6.30. The van der Waals surface area contributed by atoms with Gasteiger partial charge in [-0.2, -0.15) is 0 Å². The Bertz CT molecular complexity index is 863. The lowest BCUT2D eigenvalue weighted by Crippen LogP contribution is -2.16. The summed E-state index contributed by atoms with van der Waals surface area (Å²) in [7, 11) is 0. The van der Waals surface area contributed by atoms with Gasteiger partial charge in [-0.05, 0) is 49.4 Å². The maximum atomic E-state index is 12.4. The molecular formula is C20H16ClN3O2. The van der Waals surface area contributed by atoms with Crippen molar-refractivity contribution in [2.45, 2.75) is 6.92 Å². The van der Waals surface area contributed by atoms with E-state index in [-0.39, 0.29) is 17.4 Å². The molecule has 0 radical (unpaired) electrons. The Labute approximate surface area is 156 Å². The summed E-state index contributed by atoms with van der Waals surface area (Å²) < 4.78 is 0. The predicted octanol–water partition coefficient (Wildman–Crippen LogP) is 4.55. The van der Waals surface area contributed by atoms with E-state index in [9.17, 15) is 9.59 Å². The van der Waals surface area contributed by atoms with E-state index in [1.54, 1.807) is 24.3 Å². The second-order valence-corrected chi connectivity index (χ2v) is 6.18. The number of nitrogens with zero attached hydrogens (tertiary/aromatic N) is 1. The molecule has 2 amide bonds. The van der Waals surface area contributed by atoms with Gasteiger partial charge in [0.1, 0.15) is 0 Å². The van der Waals surface area contributed by atoms with Gasteiger partial charge in [-0.3, -0.25) is 14.6 Å². The molecule has 0 fully saturated rings. The van der Waals surface area contributed by atoms with Crippen molar-refractivity contribution in [3.63, 3.8) is 0 Å². The summed E-state index contributed by atoms with van der Waals surface area (Å²) in [6, 6.07) is 15.7. The zero-order valence-electron chi connectivity index (χ0n) is 14.0. The third-order valence-electron chi connectivity index (χ3n) is 3.67. The van der Waals surface area contributed by atoms with Crippen LogP contribution < -0.4 is 10.6 Å². The largest absolute Gasteiger partial charge is 0.322 e. The van der Waals surface area contributed by atoms with Crippen molar-refractivity contribution in [1.82, 2.24) is 4.98 Å². The van der Waals surface area contributed by atoms with Crippen LogP contribution in [0, 0.1) is 6.92 Å². The second-order valence-electron chi connectivity index (χ2n) is 5.74. The first-order valence-electron chi connectivity index (χ1n) is 7.91. The molecule has 0 atom stereocenters. The Kier molecular flexibility index (Phi) is 5.29. The van der Waals surface area contributed by atoms with Crippen molar-refractivity contribution in [3.8, 4) is 0 Å². The number of halogens is 1. The van der Waals surface area contributed by atoms with Crippen LogP contribution in [0.2, 0.25) is 5.02 Å². The molecule has 0 aliphatic carbocycles. The number of pyridine rings is 1. The van der Waals surface area contributed by atoms with Crippen LogP contribution in [0.25, 0.3) is 0 Å². The van der Waals surface area contributed by atoms with Crippen LogP contribution in [-0.4, -0.2) is 16.8 Å². The van der Waals surface area contributed by atoms with Gasteiger partial charge >= 0.3 is 0 Å². The third kappa shape index (κ3) is 4.46. The van der Waals surface area contributed by atoms with Crippen LogP contribution >= 0.6 is 11.6 Å². The highest BCUT2D eigenvalue weighted by atomic mass is 35.5. The molecule has 1 heterocycles. The zero-order chi connectivity index (χ0) is 18.5. The fourth-order valence-corrected chi connectivity index (χ4v) is 2.39. The topological polar surface area (TPSA) is 71.1 Å². The first kappa shape index (κ1) is 17.6. The molecule has 3 aromatic rings. The highest BCUT2D eigenvalue weighted by Gasteiger charge is 2.12. The molecule has 130 valence electrons. The van der Waals surface area contributed by atoms with Crippen LogP contribution in [0.5, 0.6) is 0 Å². The van der Waals surface area contributed by atoms with Crippen molar-refractivity contribution < 1.29 is 9.59 Å². The van der Waals surface area contributed by atoms with E-state index in [0.717, 1.165) is 5.56 Å². The number of nitrogens with one attached hydrogen (secondary N) is 2. The van der Waals surface area contributed by atoms with Gasteiger partial charge in [0, 0.05) is 28.8 Å². The van der Waals surface area contributed by atoms with Gasteiger partial charge in [-0.15, -0.1) is 0 Å². The summed E-state index contributed by atoms with van der Waals surface area (Å²) >= 11 is 5.83. The summed E-state index contributed by atoms with van der Waals surface area (Å²) in [6.07, 6.45) is 2.83. The molecule has 26 heavy (non-hydrogen) atoms. The molecule has 6 heteroatoms. The lowest BCUT2D eigenvalue weighted by Gasteiger charge is -2.08. The quantitative estimate of drug-likeness (QED) is 0.712. The smallest absolute Gasteiger partial charge is 0.257 e. The molecule has 0 aliphatic rings. The van der Waals surface area contributed by atoms with Gasteiger partial charge in [0.15, 0.2) is 0 Å². The molecule has 5 nitrogen and oxygen atoms in total. The van der Waals surface area contributed by atoms with Crippen LogP contribution in [0.3, 0.4) is 0 Å². The molecular weight excluding hydrogens is 350 g/mol. The van der Waals surface area contributed by atoms with E-state index < -0.39 is 0 Å². The van der Waals surface area contributed by atoms with Gasteiger partial charge in [0.2, 0.25) is 0 Å². The van der Waals surface area contributed by atoms with Gasteiger partial charge in [-0.25, -0.2) is 0 Å². The van der Waals surface area contributed by atoms with Gasteiger partial charge in [0.05, 0.1) is 11.1 Å².